The number of hydrogen-bond acceptors (Lipinski definition) is 10. The molecular weight excluding hydrogens is 638 g/mol. The zero-order valence-corrected chi connectivity index (χ0v) is 29.0. The van der Waals surface area contributed by atoms with E-state index in [1.807, 2.05) is 74.5 Å². The molecule has 50 heavy (non-hydrogen) atoms. The molecule has 0 unspecified atom stereocenters. The highest BCUT2D eigenvalue weighted by Gasteiger charge is 2.33. The highest BCUT2D eigenvalue weighted by molar-refractivity contribution is 5.95. The molecule has 14 heteroatoms. The van der Waals surface area contributed by atoms with E-state index >= 15 is 0 Å². The average molecular weight is 688 g/mol. The minimum Gasteiger partial charge on any atom is -0.343 e. The van der Waals surface area contributed by atoms with Gasteiger partial charge in [-0.1, -0.05) is 74.5 Å². The van der Waals surface area contributed by atoms with Gasteiger partial charge in [-0.3, -0.25) is 29.1 Å². The molecule has 0 aliphatic rings. The first kappa shape index (κ1) is 39.4. The van der Waals surface area contributed by atoms with Crippen LogP contribution >= 0.6 is 0 Å². The largest absolute Gasteiger partial charge is 0.343 e. The fraction of sp³-hybridized carbons (Fsp3) is 0.444. The number of carbonyl (C=O) groups excluding carboxylic acids is 4. The summed E-state index contributed by atoms with van der Waals surface area (Å²) in [7, 11) is 0. The summed E-state index contributed by atoms with van der Waals surface area (Å²) in [5, 5.41) is 11.9. The summed E-state index contributed by atoms with van der Waals surface area (Å²) in [6.45, 7) is 5.68. The molecule has 7 N–H and O–H groups in total. The molecule has 3 aromatic rings. The molecular formula is C36H49N9O5. The maximum atomic E-state index is 13.9. The van der Waals surface area contributed by atoms with Gasteiger partial charge in [-0.2, -0.15) is 5.01 Å². The third-order valence-electron chi connectivity index (χ3n) is 7.95. The van der Waals surface area contributed by atoms with Gasteiger partial charge in [0.05, 0.1) is 35.5 Å². The lowest BCUT2D eigenvalue weighted by atomic mass is 9.99. The third-order valence-corrected chi connectivity index (χ3v) is 7.95. The van der Waals surface area contributed by atoms with E-state index in [2.05, 4.69) is 31.2 Å². The fourth-order valence-electron chi connectivity index (χ4n) is 5.28. The summed E-state index contributed by atoms with van der Waals surface area (Å²) in [6.07, 6.45) is 4.85. The van der Waals surface area contributed by atoms with E-state index in [4.69, 9.17) is 11.5 Å². The fourth-order valence-corrected chi connectivity index (χ4v) is 5.28. The lowest BCUT2D eigenvalue weighted by Gasteiger charge is -2.27. The Kier molecular flexibility index (Phi) is 16.1. The van der Waals surface area contributed by atoms with Gasteiger partial charge in [0.15, 0.2) is 0 Å². The number of aromatic nitrogens is 2. The minimum atomic E-state index is -1.13. The summed E-state index contributed by atoms with van der Waals surface area (Å²) >= 11 is 0. The van der Waals surface area contributed by atoms with E-state index in [1.54, 1.807) is 6.92 Å². The van der Waals surface area contributed by atoms with Crippen LogP contribution in [-0.4, -0.2) is 69.3 Å². The molecule has 0 saturated heterocycles. The van der Waals surface area contributed by atoms with Crippen LogP contribution in [0.2, 0.25) is 0 Å². The molecule has 0 spiro atoms. The van der Waals surface area contributed by atoms with Crippen molar-refractivity contribution in [2.45, 2.75) is 90.0 Å². The molecule has 4 amide bonds. The number of nitroso groups, excluding NO2 is 1. The van der Waals surface area contributed by atoms with Crippen molar-refractivity contribution in [1.82, 2.24) is 30.9 Å². The zero-order chi connectivity index (χ0) is 36.5. The second kappa shape index (κ2) is 20.4. The first-order chi connectivity index (χ1) is 24.0. The molecule has 0 fully saturated rings. The van der Waals surface area contributed by atoms with Crippen molar-refractivity contribution in [2.75, 3.05) is 6.54 Å². The van der Waals surface area contributed by atoms with Gasteiger partial charge in [0.2, 0.25) is 17.7 Å². The maximum absolute atomic E-state index is 13.9. The van der Waals surface area contributed by atoms with Crippen molar-refractivity contribution < 1.29 is 19.2 Å². The van der Waals surface area contributed by atoms with Gasteiger partial charge in [0.1, 0.15) is 18.1 Å². The molecule has 268 valence electrons. The molecule has 0 radical (unpaired) electrons. The predicted molar refractivity (Wildman–Crippen MR) is 190 cm³/mol. The van der Waals surface area contributed by atoms with Crippen LogP contribution in [0, 0.1) is 17.7 Å². The van der Waals surface area contributed by atoms with Crippen LogP contribution in [0.4, 0.5) is 0 Å². The Balaban J connectivity index is 1.80. The summed E-state index contributed by atoms with van der Waals surface area (Å²) in [5.41, 5.74) is 14.6. The van der Waals surface area contributed by atoms with Crippen molar-refractivity contribution in [2.24, 2.45) is 22.7 Å². The van der Waals surface area contributed by atoms with Crippen LogP contribution in [0.15, 0.2) is 78.3 Å². The van der Waals surface area contributed by atoms with Crippen LogP contribution in [0.25, 0.3) is 0 Å². The highest BCUT2D eigenvalue weighted by Crippen LogP contribution is 2.13. The third kappa shape index (κ3) is 13.1. The Morgan fingerprint density at radius 2 is 1.36 bits per heavy atom. The van der Waals surface area contributed by atoms with Crippen LogP contribution in [0.5, 0.6) is 0 Å². The van der Waals surface area contributed by atoms with E-state index in [0.717, 1.165) is 11.1 Å². The first-order valence-corrected chi connectivity index (χ1v) is 16.9. The topological polar surface area (TPSA) is 215 Å². The van der Waals surface area contributed by atoms with Gasteiger partial charge < -0.3 is 27.4 Å². The van der Waals surface area contributed by atoms with Gasteiger partial charge in [-0.05, 0) is 62.6 Å². The summed E-state index contributed by atoms with van der Waals surface area (Å²) in [4.78, 5) is 74.6. The second-order valence-corrected chi connectivity index (χ2v) is 12.7. The molecule has 0 bridgehead atoms. The molecule has 0 aliphatic heterocycles. The summed E-state index contributed by atoms with van der Waals surface area (Å²) < 4.78 is 0. The Bertz CT molecular complexity index is 1520. The summed E-state index contributed by atoms with van der Waals surface area (Å²) in [5.74, 6) is -2.49. The zero-order valence-electron chi connectivity index (χ0n) is 29.0. The minimum absolute atomic E-state index is 0.0350. The Morgan fingerprint density at radius 1 is 0.780 bits per heavy atom. The quantitative estimate of drug-likeness (QED) is 0.0668. The number of nitrogens with zero attached hydrogens (tertiary/aromatic N) is 4. The van der Waals surface area contributed by atoms with E-state index in [0.29, 0.717) is 35.8 Å². The molecule has 4 atom stereocenters. The van der Waals surface area contributed by atoms with Gasteiger partial charge in [0, 0.05) is 12.6 Å². The summed E-state index contributed by atoms with van der Waals surface area (Å²) in [6, 6.07) is 14.3. The first-order valence-electron chi connectivity index (χ1n) is 16.9. The number of aryl methyl sites for hydroxylation is 1. The molecule has 1 heterocycles. The SMILES string of the molecule is Cc1cnc(CN(N=O)C(=O)[C@@H](CCCCN)NC(=O)[C@@H](CC(C)C)NC(=O)[C@@H](Cc2ccccc2)NC(=O)[C@H](N)Cc2ccccc2)cn1. The van der Waals surface area contributed by atoms with Crippen LogP contribution in [0.3, 0.4) is 0 Å². The molecule has 2 aromatic carbocycles. The van der Waals surface area contributed by atoms with Crippen molar-refractivity contribution in [3.63, 3.8) is 0 Å². The Hall–Kier alpha value is -5.08. The Morgan fingerprint density at radius 3 is 1.92 bits per heavy atom. The van der Waals surface area contributed by atoms with Crippen LogP contribution in [-0.2, 0) is 38.6 Å². The van der Waals surface area contributed by atoms with Crippen LogP contribution < -0.4 is 27.4 Å². The predicted octanol–water partition coefficient (Wildman–Crippen LogP) is 2.24. The van der Waals surface area contributed by atoms with Crippen molar-refractivity contribution >= 4 is 23.6 Å². The van der Waals surface area contributed by atoms with Crippen molar-refractivity contribution in [3.05, 3.63) is 100 Å². The highest BCUT2D eigenvalue weighted by atomic mass is 16.3. The number of benzene rings is 2. The van der Waals surface area contributed by atoms with Crippen LogP contribution in [0.1, 0.15) is 62.0 Å². The molecule has 1 aromatic heterocycles. The second-order valence-electron chi connectivity index (χ2n) is 12.7. The van der Waals surface area contributed by atoms with E-state index < -0.39 is 47.8 Å². The van der Waals surface area contributed by atoms with Crippen molar-refractivity contribution in [3.8, 4) is 0 Å². The molecule has 3 rings (SSSR count). The number of amides is 4. The monoisotopic (exact) mass is 687 g/mol. The number of nitrogens with two attached hydrogens (primary N) is 2. The lowest BCUT2D eigenvalue weighted by molar-refractivity contribution is -0.138. The van der Waals surface area contributed by atoms with E-state index in [-0.39, 0.29) is 38.1 Å². The number of hydrogen-bond donors (Lipinski definition) is 5. The van der Waals surface area contributed by atoms with E-state index in [1.165, 1.54) is 12.4 Å². The van der Waals surface area contributed by atoms with Gasteiger partial charge in [-0.25, -0.2) is 0 Å². The Labute approximate surface area is 293 Å². The number of nitrogens with one attached hydrogen (secondary N) is 3. The van der Waals surface area contributed by atoms with Gasteiger partial charge in [0.25, 0.3) is 5.91 Å². The average Bonchev–Trinajstić information content (AvgIpc) is 3.10. The lowest BCUT2D eigenvalue weighted by Crippen LogP contribution is -2.58. The number of carbonyl (C=O) groups is 4. The van der Waals surface area contributed by atoms with Crippen molar-refractivity contribution in [1.29, 1.82) is 0 Å². The standard InChI is InChI=1S/C36H49N9O5/c1-24(2)18-31(34(47)41-30(16-10-11-17-37)36(49)45(44-50)23-28-22-39-25(3)21-40-28)43-35(48)32(20-27-14-8-5-9-15-27)42-33(46)29(38)19-26-12-6-4-7-13-26/h4-9,12-15,21-22,24,29-32H,10-11,16-20,23,37-38H2,1-3H3,(H,41,47)(H,42,46)(H,43,48)/t29-,30-,31-,32-/m1/s1. The molecule has 0 saturated carbocycles. The molecule has 0 aliphatic carbocycles. The smallest absolute Gasteiger partial charge is 0.268 e. The number of rotatable bonds is 20. The maximum Gasteiger partial charge on any atom is 0.268 e. The van der Waals surface area contributed by atoms with E-state index in [9.17, 15) is 24.1 Å². The van der Waals surface area contributed by atoms with Gasteiger partial charge >= 0.3 is 0 Å². The normalized spacial score (nSPS) is 13.4. The number of unbranched alkanes of at least 4 members (excludes halogenated alkanes) is 1. The molecule has 14 nitrogen and oxygen atoms in total. The van der Waals surface area contributed by atoms with Gasteiger partial charge in [-0.15, -0.1) is 4.91 Å².